The van der Waals surface area contributed by atoms with Crippen molar-refractivity contribution in [2.75, 3.05) is 19.8 Å². The van der Waals surface area contributed by atoms with Crippen LogP contribution in [0, 0.1) is 0 Å². The van der Waals surface area contributed by atoms with Crippen LogP contribution in [0.3, 0.4) is 0 Å². The van der Waals surface area contributed by atoms with Gasteiger partial charge in [-0.15, -0.1) is 0 Å². The minimum Gasteiger partial charge on any atom is -0.489 e. The molecule has 0 radical (unpaired) electrons. The number of benzene rings is 1. The molecule has 0 atom stereocenters. The average molecular weight is 299 g/mol. The van der Waals surface area contributed by atoms with Crippen LogP contribution >= 0.6 is 15.9 Å². The van der Waals surface area contributed by atoms with Gasteiger partial charge < -0.3 is 14.6 Å². The second kappa shape index (κ2) is 5.56. The van der Waals surface area contributed by atoms with Crippen LogP contribution in [-0.2, 0) is 0 Å². The van der Waals surface area contributed by atoms with Gasteiger partial charge in [-0.2, -0.15) is 0 Å². The van der Waals surface area contributed by atoms with E-state index in [9.17, 15) is 0 Å². The Hall–Kier alpha value is -1.00. The first kappa shape index (κ1) is 12.5. The Kier molecular flexibility index (Phi) is 4.07. The number of aliphatic hydroxyl groups excluding tert-OH is 1. The number of ether oxygens (including phenoxy) is 2. The van der Waals surface area contributed by atoms with Crippen LogP contribution in [0.15, 0.2) is 22.2 Å². The topological polar surface area (TPSA) is 38.7 Å². The average Bonchev–Trinajstić information content (AvgIpc) is 2.54. The van der Waals surface area contributed by atoms with Crippen molar-refractivity contribution in [2.24, 2.45) is 0 Å². The summed E-state index contributed by atoms with van der Waals surface area (Å²) in [5.74, 6) is 1.52. The van der Waals surface area contributed by atoms with Gasteiger partial charge >= 0.3 is 0 Å². The van der Waals surface area contributed by atoms with Crippen LogP contribution in [0.2, 0.25) is 0 Å². The van der Waals surface area contributed by atoms with Gasteiger partial charge in [0.2, 0.25) is 0 Å². The van der Waals surface area contributed by atoms with E-state index >= 15 is 0 Å². The quantitative estimate of drug-likeness (QED) is 0.912. The highest BCUT2D eigenvalue weighted by Gasteiger charge is 2.14. The van der Waals surface area contributed by atoms with Crippen molar-refractivity contribution in [3.63, 3.8) is 0 Å². The second-order valence-corrected chi connectivity index (χ2v) is 4.88. The van der Waals surface area contributed by atoms with E-state index in [0.717, 1.165) is 33.5 Å². The van der Waals surface area contributed by atoms with Gasteiger partial charge in [0.25, 0.3) is 0 Å². The first-order chi connectivity index (χ1) is 8.20. The maximum absolute atomic E-state index is 9.01. The van der Waals surface area contributed by atoms with Crippen molar-refractivity contribution in [1.29, 1.82) is 0 Å². The lowest BCUT2D eigenvalue weighted by Crippen LogP contribution is -1.97. The number of halogens is 1. The fourth-order valence-electron chi connectivity index (χ4n) is 1.66. The molecule has 0 unspecified atom stereocenters. The highest BCUT2D eigenvalue weighted by Crippen LogP contribution is 2.38. The molecule has 0 fully saturated rings. The third-order valence-corrected chi connectivity index (χ3v) is 3.08. The Morgan fingerprint density at radius 3 is 2.94 bits per heavy atom. The third kappa shape index (κ3) is 3.01. The SMILES string of the molecule is CC(=Cc1cc(Br)c2c(c1)OCCCO2)CO. The highest BCUT2D eigenvalue weighted by molar-refractivity contribution is 9.10. The van der Waals surface area contributed by atoms with Crippen LogP contribution in [0.4, 0.5) is 0 Å². The Bertz CT molecular complexity index is 441. The van der Waals surface area contributed by atoms with Crippen molar-refractivity contribution in [1.82, 2.24) is 0 Å². The van der Waals surface area contributed by atoms with E-state index in [4.69, 9.17) is 14.6 Å². The number of aliphatic hydroxyl groups is 1. The Morgan fingerprint density at radius 1 is 1.41 bits per heavy atom. The van der Waals surface area contributed by atoms with Gasteiger partial charge in [0.15, 0.2) is 11.5 Å². The molecule has 0 saturated heterocycles. The molecule has 1 aliphatic rings. The molecule has 17 heavy (non-hydrogen) atoms. The molecule has 92 valence electrons. The van der Waals surface area contributed by atoms with Gasteiger partial charge in [0, 0.05) is 6.42 Å². The van der Waals surface area contributed by atoms with E-state index in [1.165, 1.54) is 0 Å². The van der Waals surface area contributed by atoms with Gasteiger partial charge in [-0.1, -0.05) is 6.08 Å². The first-order valence-corrected chi connectivity index (χ1v) is 6.37. The fraction of sp³-hybridized carbons (Fsp3) is 0.385. The number of hydrogen-bond acceptors (Lipinski definition) is 3. The van der Waals surface area contributed by atoms with Gasteiger partial charge in [-0.05, 0) is 46.1 Å². The normalized spacial score (nSPS) is 15.6. The van der Waals surface area contributed by atoms with Crippen molar-refractivity contribution in [3.05, 3.63) is 27.7 Å². The van der Waals surface area contributed by atoms with E-state index in [-0.39, 0.29) is 6.61 Å². The Labute approximate surface area is 109 Å². The van der Waals surface area contributed by atoms with Gasteiger partial charge in [0.1, 0.15) is 0 Å². The van der Waals surface area contributed by atoms with Gasteiger partial charge in [-0.25, -0.2) is 0 Å². The molecule has 0 spiro atoms. The zero-order valence-corrected chi connectivity index (χ0v) is 11.3. The highest BCUT2D eigenvalue weighted by atomic mass is 79.9. The van der Waals surface area contributed by atoms with Gasteiger partial charge in [0.05, 0.1) is 24.3 Å². The minimum absolute atomic E-state index is 0.0616. The van der Waals surface area contributed by atoms with Crippen molar-refractivity contribution in [3.8, 4) is 11.5 Å². The van der Waals surface area contributed by atoms with Crippen molar-refractivity contribution in [2.45, 2.75) is 13.3 Å². The Morgan fingerprint density at radius 2 is 2.18 bits per heavy atom. The molecule has 1 N–H and O–H groups in total. The van der Waals surface area contributed by atoms with E-state index in [1.807, 2.05) is 25.1 Å². The predicted octanol–water partition coefficient (Wildman–Crippen LogP) is 3.01. The molecular formula is C13H15BrO3. The van der Waals surface area contributed by atoms with E-state index in [2.05, 4.69) is 15.9 Å². The van der Waals surface area contributed by atoms with Crippen LogP contribution < -0.4 is 9.47 Å². The van der Waals surface area contributed by atoms with Crippen LogP contribution in [0.5, 0.6) is 11.5 Å². The molecule has 0 aliphatic carbocycles. The lowest BCUT2D eigenvalue weighted by Gasteiger charge is -2.10. The monoisotopic (exact) mass is 298 g/mol. The van der Waals surface area contributed by atoms with E-state index in [0.29, 0.717) is 13.2 Å². The molecule has 3 nitrogen and oxygen atoms in total. The molecule has 2 rings (SSSR count). The minimum atomic E-state index is 0.0616. The zero-order chi connectivity index (χ0) is 12.3. The molecule has 0 saturated carbocycles. The van der Waals surface area contributed by atoms with Crippen molar-refractivity contribution < 1.29 is 14.6 Å². The van der Waals surface area contributed by atoms with E-state index < -0.39 is 0 Å². The van der Waals surface area contributed by atoms with Crippen LogP contribution in [0.25, 0.3) is 6.08 Å². The summed E-state index contributed by atoms with van der Waals surface area (Å²) in [6, 6.07) is 3.90. The summed E-state index contributed by atoms with van der Waals surface area (Å²) < 4.78 is 12.1. The Balaban J connectivity index is 2.38. The summed E-state index contributed by atoms with van der Waals surface area (Å²) in [4.78, 5) is 0. The summed E-state index contributed by atoms with van der Waals surface area (Å²) in [7, 11) is 0. The van der Waals surface area contributed by atoms with Crippen LogP contribution in [-0.4, -0.2) is 24.9 Å². The lowest BCUT2D eigenvalue weighted by molar-refractivity contribution is 0.296. The van der Waals surface area contributed by atoms with Crippen LogP contribution in [0.1, 0.15) is 18.9 Å². The van der Waals surface area contributed by atoms with Crippen molar-refractivity contribution >= 4 is 22.0 Å². The summed E-state index contributed by atoms with van der Waals surface area (Å²) in [6.45, 7) is 3.30. The maximum Gasteiger partial charge on any atom is 0.175 e. The summed E-state index contributed by atoms with van der Waals surface area (Å²) in [5.41, 5.74) is 1.90. The number of fused-ring (bicyclic) bond motifs is 1. The molecule has 1 aromatic carbocycles. The summed E-state index contributed by atoms with van der Waals surface area (Å²) >= 11 is 3.48. The number of hydrogen-bond donors (Lipinski definition) is 1. The molecule has 0 aromatic heterocycles. The maximum atomic E-state index is 9.01. The third-order valence-electron chi connectivity index (χ3n) is 2.49. The largest absolute Gasteiger partial charge is 0.489 e. The summed E-state index contributed by atoms with van der Waals surface area (Å²) in [5, 5.41) is 9.01. The van der Waals surface area contributed by atoms with Gasteiger partial charge in [-0.3, -0.25) is 0 Å². The smallest absolute Gasteiger partial charge is 0.175 e. The zero-order valence-electron chi connectivity index (χ0n) is 9.70. The molecule has 1 aliphatic heterocycles. The molecular weight excluding hydrogens is 284 g/mol. The summed E-state index contributed by atoms with van der Waals surface area (Å²) in [6.07, 6.45) is 2.82. The lowest BCUT2D eigenvalue weighted by atomic mass is 10.1. The number of rotatable bonds is 2. The molecule has 0 amide bonds. The standard InChI is InChI=1S/C13H15BrO3/c1-9(8-15)5-10-6-11(14)13-12(7-10)16-3-2-4-17-13/h5-7,15H,2-4,8H2,1H3. The van der Waals surface area contributed by atoms with E-state index in [1.54, 1.807) is 0 Å². The molecule has 4 heteroatoms. The molecule has 0 bridgehead atoms. The fourth-order valence-corrected chi connectivity index (χ4v) is 2.24. The second-order valence-electron chi connectivity index (χ2n) is 4.03. The molecule has 1 heterocycles. The predicted molar refractivity (Wildman–Crippen MR) is 70.5 cm³/mol. The molecule has 1 aromatic rings. The first-order valence-electron chi connectivity index (χ1n) is 5.58.